The number of aryl methyl sites for hydroxylation is 1. The number of aromatic nitrogens is 1. The van der Waals surface area contributed by atoms with E-state index in [1.165, 1.54) is 30.8 Å². The minimum atomic E-state index is 0.574. The molecule has 1 unspecified atom stereocenters. The zero-order chi connectivity index (χ0) is 11.7. The van der Waals surface area contributed by atoms with Crippen molar-refractivity contribution in [3.8, 4) is 0 Å². The summed E-state index contributed by atoms with van der Waals surface area (Å²) in [6.45, 7) is 11.4. The Hall–Kier alpha value is -0.760. The minimum Gasteiger partial charge on any atom is -0.346 e. The van der Waals surface area contributed by atoms with E-state index in [2.05, 4.69) is 43.6 Å². The molecule has 2 nitrogen and oxygen atoms in total. The zero-order valence-electron chi connectivity index (χ0n) is 11.0. The van der Waals surface area contributed by atoms with E-state index < -0.39 is 0 Å². The summed E-state index contributed by atoms with van der Waals surface area (Å²) in [5.41, 5.74) is 4.45. The molecular weight excluding hydrogens is 196 g/mol. The summed E-state index contributed by atoms with van der Waals surface area (Å²) < 4.78 is 2.46. The Morgan fingerprint density at radius 2 is 2.12 bits per heavy atom. The maximum absolute atomic E-state index is 3.51. The molecule has 1 aliphatic rings. The lowest BCUT2D eigenvalue weighted by Crippen LogP contribution is -2.28. The van der Waals surface area contributed by atoms with Gasteiger partial charge in [-0.25, -0.2) is 0 Å². The molecule has 0 saturated carbocycles. The van der Waals surface area contributed by atoms with Gasteiger partial charge in [-0.15, -0.1) is 0 Å². The van der Waals surface area contributed by atoms with Crippen LogP contribution in [0.2, 0.25) is 0 Å². The van der Waals surface area contributed by atoms with Crippen molar-refractivity contribution in [3.63, 3.8) is 0 Å². The summed E-state index contributed by atoms with van der Waals surface area (Å²) in [6, 6.07) is 2.97. The highest BCUT2D eigenvalue weighted by molar-refractivity contribution is 5.31. The first kappa shape index (κ1) is 11.7. The molecule has 0 radical (unpaired) electrons. The standard InChI is InChI=1S/C14H24N2/c1-10(2)16-11(3)8-14(12(16)4)13-6-5-7-15-9-13/h8,10,13,15H,5-7,9H2,1-4H3. The first-order valence-corrected chi connectivity index (χ1v) is 6.50. The third-order valence-corrected chi connectivity index (χ3v) is 3.78. The molecule has 0 bridgehead atoms. The Morgan fingerprint density at radius 3 is 2.62 bits per heavy atom. The van der Waals surface area contributed by atoms with E-state index in [4.69, 9.17) is 0 Å². The van der Waals surface area contributed by atoms with E-state index in [9.17, 15) is 0 Å². The highest BCUT2D eigenvalue weighted by Crippen LogP contribution is 2.30. The van der Waals surface area contributed by atoms with Crippen LogP contribution in [0.3, 0.4) is 0 Å². The van der Waals surface area contributed by atoms with Crippen LogP contribution in [0, 0.1) is 13.8 Å². The lowest BCUT2D eigenvalue weighted by atomic mass is 9.92. The van der Waals surface area contributed by atoms with Gasteiger partial charge < -0.3 is 9.88 Å². The quantitative estimate of drug-likeness (QED) is 0.810. The minimum absolute atomic E-state index is 0.574. The Morgan fingerprint density at radius 1 is 1.38 bits per heavy atom. The third-order valence-electron chi connectivity index (χ3n) is 3.78. The van der Waals surface area contributed by atoms with Crippen molar-refractivity contribution in [2.75, 3.05) is 13.1 Å². The summed E-state index contributed by atoms with van der Waals surface area (Å²) in [4.78, 5) is 0. The molecule has 2 heterocycles. The second-order valence-corrected chi connectivity index (χ2v) is 5.33. The highest BCUT2D eigenvalue weighted by atomic mass is 15.0. The maximum Gasteiger partial charge on any atom is 0.0279 e. The second-order valence-electron chi connectivity index (χ2n) is 5.33. The molecule has 1 aromatic rings. The Bertz CT molecular complexity index is 357. The van der Waals surface area contributed by atoms with Gasteiger partial charge in [-0.1, -0.05) is 0 Å². The van der Waals surface area contributed by atoms with Crippen LogP contribution < -0.4 is 5.32 Å². The fourth-order valence-corrected chi connectivity index (χ4v) is 3.13. The van der Waals surface area contributed by atoms with Crippen molar-refractivity contribution in [3.05, 3.63) is 23.0 Å². The molecule has 0 aromatic carbocycles. The first-order valence-electron chi connectivity index (χ1n) is 6.50. The summed E-state index contributed by atoms with van der Waals surface area (Å²) >= 11 is 0. The van der Waals surface area contributed by atoms with Crippen LogP contribution >= 0.6 is 0 Å². The monoisotopic (exact) mass is 220 g/mol. The molecule has 2 heteroatoms. The molecule has 0 spiro atoms. The fourth-order valence-electron chi connectivity index (χ4n) is 3.13. The highest BCUT2D eigenvalue weighted by Gasteiger charge is 2.20. The van der Waals surface area contributed by atoms with Gasteiger partial charge in [-0.05, 0) is 64.6 Å². The number of piperidine rings is 1. The third kappa shape index (κ3) is 2.03. The van der Waals surface area contributed by atoms with Gasteiger partial charge in [0.1, 0.15) is 0 Å². The van der Waals surface area contributed by atoms with E-state index in [1.807, 2.05) is 0 Å². The van der Waals surface area contributed by atoms with E-state index in [-0.39, 0.29) is 0 Å². The second kappa shape index (κ2) is 4.62. The molecule has 1 aromatic heterocycles. The van der Waals surface area contributed by atoms with Crippen LogP contribution in [0.1, 0.15) is 55.6 Å². The molecule has 1 fully saturated rings. The molecule has 0 amide bonds. The van der Waals surface area contributed by atoms with Gasteiger partial charge in [0.05, 0.1) is 0 Å². The van der Waals surface area contributed by atoms with Crippen LogP contribution in [-0.4, -0.2) is 17.7 Å². The molecule has 90 valence electrons. The van der Waals surface area contributed by atoms with E-state index >= 15 is 0 Å². The van der Waals surface area contributed by atoms with Crippen molar-refractivity contribution in [1.29, 1.82) is 0 Å². The number of rotatable bonds is 2. The average Bonchev–Trinajstić information content (AvgIpc) is 2.55. The van der Waals surface area contributed by atoms with E-state index in [1.54, 1.807) is 5.56 Å². The topological polar surface area (TPSA) is 17.0 Å². The van der Waals surface area contributed by atoms with Crippen molar-refractivity contribution in [1.82, 2.24) is 9.88 Å². The predicted octanol–water partition coefficient (Wildman–Crippen LogP) is 3.15. The Kier molecular flexibility index (Phi) is 3.38. The number of nitrogens with one attached hydrogen (secondary N) is 1. The van der Waals surface area contributed by atoms with Crippen LogP contribution in [0.5, 0.6) is 0 Å². The molecule has 1 atom stereocenters. The predicted molar refractivity (Wildman–Crippen MR) is 69.1 cm³/mol. The molecule has 0 aliphatic carbocycles. The van der Waals surface area contributed by atoms with E-state index in [0.717, 1.165) is 12.5 Å². The lowest BCUT2D eigenvalue weighted by Gasteiger charge is -2.23. The van der Waals surface area contributed by atoms with Gasteiger partial charge in [0, 0.05) is 24.0 Å². The van der Waals surface area contributed by atoms with Gasteiger partial charge in [0.15, 0.2) is 0 Å². The summed E-state index contributed by atoms with van der Waals surface area (Å²) in [6.07, 6.45) is 2.66. The smallest absolute Gasteiger partial charge is 0.0279 e. The van der Waals surface area contributed by atoms with Gasteiger partial charge in [0.25, 0.3) is 0 Å². The number of nitrogens with zero attached hydrogens (tertiary/aromatic N) is 1. The summed E-state index contributed by atoms with van der Waals surface area (Å²) in [5.74, 6) is 0.729. The van der Waals surface area contributed by atoms with Crippen LogP contribution in [0.4, 0.5) is 0 Å². The Balaban J connectivity index is 2.30. The first-order chi connectivity index (χ1) is 7.61. The molecule has 16 heavy (non-hydrogen) atoms. The van der Waals surface area contributed by atoms with Crippen LogP contribution in [-0.2, 0) is 0 Å². The fraction of sp³-hybridized carbons (Fsp3) is 0.714. The van der Waals surface area contributed by atoms with Gasteiger partial charge >= 0.3 is 0 Å². The number of hydrogen-bond acceptors (Lipinski definition) is 1. The SMILES string of the molecule is Cc1cc(C2CCCNC2)c(C)n1C(C)C. The molecule has 1 aliphatic heterocycles. The molecule has 2 rings (SSSR count). The zero-order valence-corrected chi connectivity index (χ0v) is 11.0. The van der Waals surface area contributed by atoms with Gasteiger partial charge in [-0.2, -0.15) is 0 Å². The molecular formula is C14H24N2. The number of hydrogen-bond donors (Lipinski definition) is 1. The summed E-state index contributed by atoms with van der Waals surface area (Å²) in [7, 11) is 0. The molecule has 1 N–H and O–H groups in total. The lowest BCUT2D eigenvalue weighted by molar-refractivity contribution is 0.458. The van der Waals surface area contributed by atoms with Crippen molar-refractivity contribution < 1.29 is 0 Å². The van der Waals surface area contributed by atoms with Crippen LogP contribution in [0.15, 0.2) is 6.07 Å². The van der Waals surface area contributed by atoms with Crippen LogP contribution in [0.25, 0.3) is 0 Å². The van der Waals surface area contributed by atoms with Crippen molar-refractivity contribution >= 4 is 0 Å². The van der Waals surface area contributed by atoms with E-state index in [0.29, 0.717) is 6.04 Å². The maximum atomic E-state index is 3.51. The normalized spacial score (nSPS) is 21.7. The van der Waals surface area contributed by atoms with Gasteiger partial charge in [0.2, 0.25) is 0 Å². The average molecular weight is 220 g/mol. The van der Waals surface area contributed by atoms with Crippen molar-refractivity contribution in [2.24, 2.45) is 0 Å². The summed E-state index contributed by atoms with van der Waals surface area (Å²) in [5, 5.41) is 3.51. The largest absolute Gasteiger partial charge is 0.346 e. The van der Waals surface area contributed by atoms with Crippen molar-refractivity contribution in [2.45, 2.75) is 52.5 Å². The molecule has 1 saturated heterocycles. The van der Waals surface area contributed by atoms with Gasteiger partial charge in [-0.3, -0.25) is 0 Å². The Labute approximate surface area is 99.0 Å².